The molecular weight excluding hydrogens is 851 g/mol. The van der Waals surface area contributed by atoms with E-state index in [1.54, 1.807) is 5.57 Å². The van der Waals surface area contributed by atoms with Crippen molar-refractivity contribution in [1.29, 1.82) is 0 Å². The predicted octanol–water partition coefficient (Wildman–Crippen LogP) is 18.0. The van der Waals surface area contributed by atoms with E-state index in [1.807, 2.05) is 7.05 Å². The number of fused-ring (bicyclic) bond motifs is 4. The van der Waals surface area contributed by atoms with E-state index in [0.717, 1.165) is 46.9 Å². The molecule has 5 nitrogen and oxygen atoms in total. The predicted molar refractivity (Wildman–Crippen MR) is 306 cm³/mol. The monoisotopic (exact) mass is 940 g/mol. The molecule has 2 atom stereocenters. The van der Waals surface area contributed by atoms with Crippen LogP contribution in [0.4, 0.5) is 5.69 Å². The molecule has 4 aromatic rings. The molecule has 2 unspecified atom stereocenters. The second-order valence-corrected chi connectivity index (χ2v) is 21.4. The van der Waals surface area contributed by atoms with Gasteiger partial charge >= 0.3 is 0 Å². The van der Waals surface area contributed by atoms with Crippen LogP contribution in [0, 0.1) is 11.8 Å². The van der Waals surface area contributed by atoms with Crippen LogP contribution in [0.15, 0.2) is 103 Å². The van der Waals surface area contributed by atoms with Crippen molar-refractivity contribution in [2.24, 2.45) is 11.8 Å². The van der Waals surface area contributed by atoms with Gasteiger partial charge in [0.2, 0.25) is 0 Å². The highest BCUT2D eigenvalue weighted by molar-refractivity contribution is 6.20. The number of hydrogen-bond donors (Lipinski definition) is 2. The maximum atomic E-state index is 5.76. The standard InChI is InChI=1S/C65H89N5/c1-10-15-19-24-32-47(33-25-20-16-11-2)52-39-41-54-59-53(40-38-51(58(52)59)45(6)66-8)55-44-56(70-42-30-31-43-70)50(14-5)60-57(46(7)69(9)49(36-28-21-17-12-3)37-29-22-18-13-4)63-64(62(54)61(55)60)68-65(67-63)48-34-26-23-27-35-48/h14,23,26-27,34-35,38-41,44,47,49,53,59,66H,5-7,10-13,15-22,24-25,28-33,36-37,42-43H2,1-4,8-9H3,(H,67,68). The molecule has 2 heterocycles. The summed E-state index contributed by atoms with van der Waals surface area (Å²) in [5, 5.41) is 6.17. The average molecular weight is 940 g/mol. The van der Waals surface area contributed by atoms with Crippen LogP contribution in [0.2, 0.25) is 0 Å². The lowest BCUT2D eigenvalue weighted by Gasteiger charge is -2.44. The molecule has 5 heteroatoms. The third-order valence-corrected chi connectivity index (χ3v) is 16.9. The SMILES string of the molecule is C=Cc1c(N2CCCC2)cc2c3c(c4[nH]c(-c5ccccc5)nc4c(C(=C)N(C)C(CCCCCC)CCCCCC)c13)C1=CC=C(C(CCCCCC)CCCCCC)C3=C(C(=C)NC)C=CC2C13. The van der Waals surface area contributed by atoms with Crippen molar-refractivity contribution in [3.63, 3.8) is 0 Å². The van der Waals surface area contributed by atoms with Gasteiger partial charge in [0.05, 0.1) is 11.0 Å². The Bertz CT molecular complexity index is 2570. The highest BCUT2D eigenvalue weighted by Gasteiger charge is 2.45. The van der Waals surface area contributed by atoms with Crippen LogP contribution in [0.1, 0.15) is 197 Å². The fourth-order valence-electron chi connectivity index (χ4n) is 12.9. The van der Waals surface area contributed by atoms with Crippen LogP contribution in [0.3, 0.4) is 0 Å². The van der Waals surface area contributed by atoms with Crippen molar-refractivity contribution in [2.45, 2.75) is 181 Å². The number of imidazole rings is 1. The highest BCUT2D eigenvalue weighted by Crippen LogP contribution is 2.60. The molecule has 0 spiro atoms. The summed E-state index contributed by atoms with van der Waals surface area (Å²) in [5.41, 5.74) is 17.5. The topological polar surface area (TPSA) is 47.2 Å². The molecule has 374 valence electrons. The fourth-order valence-corrected chi connectivity index (χ4v) is 12.9. The Morgan fingerprint density at radius 3 is 2.01 bits per heavy atom. The molecular formula is C65H89N5. The molecule has 3 aromatic carbocycles. The molecule has 8 rings (SSSR count). The number of benzene rings is 3. The molecule has 1 aliphatic heterocycles. The molecule has 70 heavy (non-hydrogen) atoms. The molecule has 3 aliphatic carbocycles. The summed E-state index contributed by atoms with van der Waals surface area (Å²) >= 11 is 0. The first-order chi connectivity index (χ1) is 34.3. The average Bonchev–Trinajstić information content (AvgIpc) is 4.10. The Morgan fingerprint density at radius 1 is 0.814 bits per heavy atom. The van der Waals surface area contributed by atoms with Crippen molar-refractivity contribution in [3.05, 3.63) is 125 Å². The zero-order valence-electron chi connectivity index (χ0n) is 44.6. The summed E-state index contributed by atoms with van der Waals surface area (Å²) in [5.74, 6) is 1.73. The van der Waals surface area contributed by atoms with Crippen LogP contribution >= 0.6 is 0 Å². The minimum Gasteiger partial charge on any atom is -0.388 e. The molecule has 1 fully saturated rings. The van der Waals surface area contributed by atoms with Gasteiger partial charge in [0, 0.05) is 95.4 Å². The van der Waals surface area contributed by atoms with Gasteiger partial charge in [-0.2, -0.15) is 0 Å². The van der Waals surface area contributed by atoms with Crippen molar-refractivity contribution >= 4 is 44.8 Å². The van der Waals surface area contributed by atoms with Gasteiger partial charge in [-0.3, -0.25) is 0 Å². The van der Waals surface area contributed by atoms with Gasteiger partial charge in [0.15, 0.2) is 0 Å². The number of aromatic amines is 1. The Balaban J connectivity index is 1.42. The molecule has 1 saturated heterocycles. The summed E-state index contributed by atoms with van der Waals surface area (Å²) in [6, 6.07) is 13.8. The minimum atomic E-state index is 0.148. The van der Waals surface area contributed by atoms with Gasteiger partial charge in [0.25, 0.3) is 0 Å². The van der Waals surface area contributed by atoms with Crippen molar-refractivity contribution in [2.75, 3.05) is 32.1 Å². The van der Waals surface area contributed by atoms with Crippen molar-refractivity contribution < 1.29 is 0 Å². The summed E-state index contributed by atoms with van der Waals surface area (Å²) < 4.78 is 0. The molecule has 0 radical (unpaired) electrons. The third-order valence-electron chi connectivity index (χ3n) is 16.9. The van der Waals surface area contributed by atoms with Crippen LogP contribution in [-0.2, 0) is 0 Å². The lowest BCUT2D eigenvalue weighted by Crippen LogP contribution is -2.32. The maximum Gasteiger partial charge on any atom is 0.138 e. The molecule has 1 aromatic heterocycles. The zero-order valence-corrected chi connectivity index (χ0v) is 44.6. The Hall–Kier alpha value is -5.03. The quantitative estimate of drug-likeness (QED) is 0.0533. The second kappa shape index (κ2) is 24.4. The largest absolute Gasteiger partial charge is 0.388 e. The Morgan fingerprint density at radius 2 is 1.43 bits per heavy atom. The van der Waals surface area contributed by atoms with Gasteiger partial charge in [-0.1, -0.05) is 211 Å². The molecule has 0 bridgehead atoms. The summed E-state index contributed by atoms with van der Waals surface area (Å²) in [7, 11) is 4.39. The fraction of sp³-hybridized carbons (Fsp3) is 0.523. The number of nitrogens with one attached hydrogen (secondary N) is 2. The highest BCUT2D eigenvalue weighted by atomic mass is 15.2. The van der Waals surface area contributed by atoms with Gasteiger partial charge in [-0.05, 0) is 78.2 Å². The molecule has 0 amide bonds. The lowest BCUT2D eigenvalue weighted by molar-refractivity contribution is 0.294. The number of H-pyrrole nitrogens is 1. The van der Waals surface area contributed by atoms with Crippen LogP contribution in [-0.4, -0.2) is 48.1 Å². The van der Waals surface area contributed by atoms with Crippen LogP contribution in [0.5, 0.6) is 0 Å². The summed E-state index contributed by atoms with van der Waals surface area (Å²) in [6.45, 7) is 26.0. The number of nitrogens with zero attached hydrogens (tertiary/aromatic N) is 3. The van der Waals surface area contributed by atoms with Crippen molar-refractivity contribution in [1.82, 2.24) is 20.2 Å². The summed E-state index contributed by atoms with van der Waals surface area (Å²) in [4.78, 5) is 15.1. The van der Waals surface area contributed by atoms with E-state index in [2.05, 4.69) is 128 Å². The van der Waals surface area contributed by atoms with Gasteiger partial charge < -0.3 is 20.1 Å². The lowest BCUT2D eigenvalue weighted by atomic mass is 9.60. The number of aromatic nitrogens is 2. The van der Waals surface area contributed by atoms with E-state index in [0.29, 0.717) is 12.0 Å². The molecule has 0 saturated carbocycles. The number of unbranched alkanes of at least 4 members (excludes halogenated alkanes) is 12. The first-order valence-corrected chi connectivity index (χ1v) is 28.4. The number of rotatable bonds is 29. The minimum absolute atomic E-state index is 0.148. The number of allylic oxidation sites excluding steroid dienone is 7. The number of anilines is 1. The third kappa shape index (κ3) is 10.5. The molecule has 4 aliphatic rings. The van der Waals surface area contributed by atoms with E-state index < -0.39 is 0 Å². The van der Waals surface area contributed by atoms with E-state index >= 15 is 0 Å². The number of likely N-dealkylation sites (N-methyl/N-ethyl adjacent to an activating group) is 1. The maximum absolute atomic E-state index is 5.76. The van der Waals surface area contributed by atoms with E-state index in [9.17, 15) is 0 Å². The Labute approximate surface area is 424 Å². The zero-order chi connectivity index (χ0) is 49.1. The first-order valence-electron chi connectivity index (χ1n) is 28.4. The van der Waals surface area contributed by atoms with Gasteiger partial charge in [0.1, 0.15) is 5.82 Å². The summed E-state index contributed by atoms with van der Waals surface area (Å²) in [6.07, 6.45) is 40.0. The normalized spacial score (nSPS) is 17.2. The Kier molecular flexibility index (Phi) is 17.9. The van der Waals surface area contributed by atoms with E-state index in [1.165, 1.54) is 197 Å². The van der Waals surface area contributed by atoms with E-state index in [-0.39, 0.29) is 11.8 Å². The number of hydrogen-bond acceptors (Lipinski definition) is 4. The van der Waals surface area contributed by atoms with Crippen LogP contribution in [0.25, 0.3) is 50.5 Å². The second-order valence-electron chi connectivity index (χ2n) is 21.4. The molecule has 2 N–H and O–H groups in total. The van der Waals surface area contributed by atoms with Gasteiger partial charge in [-0.25, -0.2) is 4.98 Å². The first kappa shape index (κ1) is 51.3. The van der Waals surface area contributed by atoms with Gasteiger partial charge in [-0.15, -0.1) is 0 Å². The smallest absolute Gasteiger partial charge is 0.138 e. The van der Waals surface area contributed by atoms with E-state index in [4.69, 9.17) is 18.1 Å². The van der Waals surface area contributed by atoms with Crippen LogP contribution < -0.4 is 10.2 Å². The van der Waals surface area contributed by atoms with Crippen molar-refractivity contribution in [3.8, 4) is 11.4 Å².